The normalized spacial score (nSPS) is 20.7. The summed E-state index contributed by atoms with van der Waals surface area (Å²) in [5, 5.41) is 2.28. The lowest BCUT2D eigenvalue weighted by Gasteiger charge is -2.18. The van der Waals surface area contributed by atoms with Crippen LogP contribution in [0.15, 0.2) is 24.3 Å². The van der Waals surface area contributed by atoms with Gasteiger partial charge in [-0.3, -0.25) is 15.0 Å². The van der Waals surface area contributed by atoms with Crippen molar-refractivity contribution in [3.05, 3.63) is 29.8 Å². The molecule has 1 atom stereocenters. The van der Waals surface area contributed by atoms with Crippen molar-refractivity contribution in [2.75, 3.05) is 4.90 Å². The number of benzene rings is 1. The van der Waals surface area contributed by atoms with Gasteiger partial charge in [0.2, 0.25) is 0 Å². The van der Waals surface area contributed by atoms with E-state index < -0.39 is 6.04 Å². The molecule has 1 aromatic rings. The van der Waals surface area contributed by atoms with Gasteiger partial charge in [-0.15, -0.1) is 0 Å². The molecule has 1 aliphatic rings. The second-order valence-corrected chi connectivity index (χ2v) is 3.68. The Hall–Kier alpha value is -1.84. The summed E-state index contributed by atoms with van der Waals surface area (Å²) in [6.07, 6.45) is 0. The predicted molar refractivity (Wildman–Crippen MR) is 56.7 cm³/mol. The van der Waals surface area contributed by atoms with E-state index in [2.05, 4.69) is 5.32 Å². The number of hydrogen-bond donors (Lipinski definition) is 1. The predicted octanol–water partition coefficient (Wildman–Crippen LogP) is 1.44. The number of rotatable bonds is 1. The number of carbonyl (C=O) groups excluding carboxylic acids is 2. The summed E-state index contributed by atoms with van der Waals surface area (Å²) in [6.45, 7) is 3.68. The molecule has 78 valence electrons. The first-order valence-electron chi connectivity index (χ1n) is 4.80. The number of anilines is 1. The molecule has 1 unspecified atom stereocenters. The Kier molecular flexibility index (Phi) is 2.19. The minimum absolute atomic E-state index is 0.249. The molecule has 0 aliphatic carbocycles. The molecule has 1 heterocycles. The van der Waals surface area contributed by atoms with Crippen molar-refractivity contribution in [2.45, 2.75) is 19.9 Å². The second-order valence-electron chi connectivity index (χ2n) is 3.68. The van der Waals surface area contributed by atoms with Gasteiger partial charge in [-0.25, -0.2) is 4.79 Å². The van der Waals surface area contributed by atoms with Gasteiger partial charge in [0, 0.05) is 5.69 Å². The van der Waals surface area contributed by atoms with Crippen molar-refractivity contribution >= 4 is 17.6 Å². The number of urea groups is 1. The molecule has 4 heteroatoms. The Balaban J connectivity index is 2.34. The van der Waals surface area contributed by atoms with E-state index in [1.807, 2.05) is 31.2 Å². The van der Waals surface area contributed by atoms with Gasteiger partial charge < -0.3 is 0 Å². The average Bonchev–Trinajstić information content (AvgIpc) is 2.44. The van der Waals surface area contributed by atoms with Crippen LogP contribution >= 0.6 is 0 Å². The molecule has 1 aromatic carbocycles. The second kappa shape index (κ2) is 3.38. The molecule has 1 saturated heterocycles. The maximum atomic E-state index is 11.5. The smallest absolute Gasteiger partial charge is 0.282 e. The molecule has 0 aromatic heterocycles. The monoisotopic (exact) mass is 204 g/mol. The maximum absolute atomic E-state index is 11.5. The topological polar surface area (TPSA) is 49.4 Å². The summed E-state index contributed by atoms with van der Waals surface area (Å²) in [7, 11) is 0. The van der Waals surface area contributed by atoms with E-state index in [-0.39, 0.29) is 11.9 Å². The van der Waals surface area contributed by atoms with Gasteiger partial charge in [-0.05, 0) is 26.0 Å². The largest absolute Gasteiger partial charge is 0.329 e. The molecule has 3 amide bonds. The summed E-state index contributed by atoms with van der Waals surface area (Å²) >= 11 is 0. The number of imide groups is 1. The van der Waals surface area contributed by atoms with Gasteiger partial charge in [0.25, 0.3) is 5.91 Å². The van der Waals surface area contributed by atoms with Gasteiger partial charge in [-0.2, -0.15) is 0 Å². The fourth-order valence-electron chi connectivity index (χ4n) is 1.61. The van der Waals surface area contributed by atoms with E-state index in [1.165, 1.54) is 4.90 Å². The summed E-state index contributed by atoms with van der Waals surface area (Å²) in [4.78, 5) is 24.2. The van der Waals surface area contributed by atoms with Crippen molar-refractivity contribution < 1.29 is 9.59 Å². The first kappa shape index (κ1) is 9.71. The molecule has 1 N–H and O–H groups in total. The molecule has 0 bridgehead atoms. The summed E-state index contributed by atoms with van der Waals surface area (Å²) in [5.74, 6) is -0.249. The van der Waals surface area contributed by atoms with Gasteiger partial charge in [0.15, 0.2) is 0 Å². The number of amides is 3. The molecular formula is C11H12N2O2. The molecule has 0 radical (unpaired) electrons. The zero-order valence-corrected chi connectivity index (χ0v) is 8.65. The van der Waals surface area contributed by atoms with Crippen LogP contribution < -0.4 is 10.2 Å². The van der Waals surface area contributed by atoms with Crippen LogP contribution in [0.1, 0.15) is 12.5 Å². The minimum Gasteiger partial charge on any atom is -0.282 e. The highest BCUT2D eigenvalue weighted by molar-refractivity contribution is 6.14. The minimum atomic E-state index is -0.430. The number of carbonyl (C=O) groups is 2. The summed E-state index contributed by atoms with van der Waals surface area (Å²) in [5.41, 5.74) is 1.87. The standard InChI is InChI=1S/C11H12N2O2/c1-7-3-5-9(6-4-7)13-8(2)10(14)12-11(13)15/h3-6,8H,1-2H3,(H,12,14,15). The van der Waals surface area contributed by atoms with Crippen LogP contribution in [0.2, 0.25) is 0 Å². The first-order chi connectivity index (χ1) is 7.09. The first-order valence-corrected chi connectivity index (χ1v) is 4.80. The zero-order valence-electron chi connectivity index (χ0n) is 8.65. The van der Waals surface area contributed by atoms with Crippen LogP contribution in [0.25, 0.3) is 0 Å². The Morgan fingerprint density at radius 3 is 2.27 bits per heavy atom. The van der Waals surface area contributed by atoms with Gasteiger partial charge in [0.1, 0.15) is 6.04 Å². The quantitative estimate of drug-likeness (QED) is 0.704. The summed E-state index contributed by atoms with van der Waals surface area (Å²) in [6, 6.07) is 6.72. The van der Waals surface area contributed by atoms with Crippen LogP contribution in [0, 0.1) is 6.92 Å². The number of aryl methyl sites for hydroxylation is 1. The third kappa shape index (κ3) is 1.58. The SMILES string of the molecule is Cc1ccc(N2C(=O)NC(=O)C2C)cc1. The molecule has 2 rings (SSSR count). The van der Waals surface area contributed by atoms with Crippen molar-refractivity contribution in [3.63, 3.8) is 0 Å². The van der Waals surface area contributed by atoms with E-state index in [1.54, 1.807) is 6.92 Å². The molecular weight excluding hydrogens is 192 g/mol. The lowest BCUT2D eigenvalue weighted by atomic mass is 10.2. The van der Waals surface area contributed by atoms with E-state index in [0.717, 1.165) is 11.3 Å². The highest BCUT2D eigenvalue weighted by atomic mass is 16.2. The maximum Gasteiger partial charge on any atom is 0.329 e. The fourth-order valence-corrected chi connectivity index (χ4v) is 1.61. The van der Waals surface area contributed by atoms with Gasteiger partial charge in [-0.1, -0.05) is 17.7 Å². The Labute approximate surface area is 87.9 Å². The van der Waals surface area contributed by atoms with Crippen molar-refractivity contribution in [1.82, 2.24) is 5.32 Å². The van der Waals surface area contributed by atoms with E-state index in [0.29, 0.717) is 0 Å². The lowest BCUT2D eigenvalue weighted by Crippen LogP contribution is -2.32. The Morgan fingerprint density at radius 2 is 1.80 bits per heavy atom. The van der Waals surface area contributed by atoms with Crippen molar-refractivity contribution in [3.8, 4) is 0 Å². The molecule has 15 heavy (non-hydrogen) atoms. The zero-order chi connectivity index (χ0) is 11.0. The molecule has 0 saturated carbocycles. The van der Waals surface area contributed by atoms with Gasteiger partial charge >= 0.3 is 6.03 Å². The third-order valence-corrected chi connectivity index (χ3v) is 2.53. The number of nitrogens with zero attached hydrogens (tertiary/aromatic N) is 1. The molecule has 4 nitrogen and oxygen atoms in total. The molecule has 0 spiro atoms. The number of nitrogens with one attached hydrogen (secondary N) is 1. The van der Waals surface area contributed by atoms with Crippen LogP contribution in [-0.4, -0.2) is 18.0 Å². The Bertz CT molecular complexity index is 411. The lowest BCUT2D eigenvalue weighted by molar-refractivity contribution is -0.119. The van der Waals surface area contributed by atoms with E-state index >= 15 is 0 Å². The number of hydrogen-bond acceptors (Lipinski definition) is 2. The van der Waals surface area contributed by atoms with Crippen LogP contribution in [0.5, 0.6) is 0 Å². The van der Waals surface area contributed by atoms with E-state index in [4.69, 9.17) is 0 Å². The van der Waals surface area contributed by atoms with Crippen LogP contribution in [-0.2, 0) is 4.79 Å². The highest BCUT2D eigenvalue weighted by Crippen LogP contribution is 2.21. The molecule has 1 aliphatic heterocycles. The fraction of sp³-hybridized carbons (Fsp3) is 0.273. The highest BCUT2D eigenvalue weighted by Gasteiger charge is 2.35. The van der Waals surface area contributed by atoms with Crippen LogP contribution in [0.3, 0.4) is 0 Å². The van der Waals surface area contributed by atoms with Crippen molar-refractivity contribution in [1.29, 1.82) is 0 Å². The molecule has 1 fully saturated rings. The third-order valence-electron chi connectivity index (χ3n) is 2.53. The Morgan fingerprint density at radius 1 is 1.20 bits per heavy atom. The average molecular weight is 204 g/mol. The summed E-state index contributed by atoms with van der Waals surface area (Å²) < 4.78 is 0. The van der Waals surface area contributed by atoms with Crippen LogP contribution in [0.4, 0.5) is 10.5 Å². The van der Waals surface area contributed by atoms with Gasteiger partial charge in [0.05, 0.1) is 0 Å². The van der Waals surface area contributed by atoms with E-state index in [9.17, 15) is 9.59 Å². The van der Waals surface area contributed by atoms with Crippen molar-refractivity contribution in [2.24, 2.45) is 0 Å².